The van der Waals surface area contributed by atoms with Crippen LogP contribution in [0.1, 0.15) is 22.5 Å². The number of nitrogen functional groups attached to an aromatic ring is 1. The van der Waals surface area contributed by atoms with E-state index in [4.69, 9.17) is 11.1 Å². The molecular formula is C24H24ClN5O2. The highest BCUT2D eigenvalue weighted by atomic mass is 35.5. The van der Waals surface area contributed by atoms with Crippen molar-refractivity contribution in [1.82, 2.24) is 9.55 Å². The molecule has 1 heterocycles. The molecule has 0 atom stereocenters. The first kappa shape index (κ1) is 22.8. The molecule has 0 aliphatic carbocycles. The highest BCUT2D eigenvalue weighted by Crippen LogP contribution is 2.26. The van der Waals surface area contributed by atoms with Gasteiger partial charge in [-0.15, -0.1) is 12.4 Å². The van der Waals surface area contributed by atoms with Crippen LogP contribution in [-0.2, 0) is 11.2 Å². The Labute approximate surface area is 191 Å². The number of benzene rings is 3. The van der Waals surface area contributed by atoms with Crippen LogP contribution in [0.3, 0.4) is 0 Å². The number of nitrogens with one attached hydrogen (secondary N) is 2. The fourth-order valence-corrected chi connectivity index (χ4v) is 3.71. The third-order valence-corrected chi connectivity index (χ3v) is 5.19. The molecule has 0 saturated carbocycles. The molecule has 0 aliphatic rings. The maximum atomic E-state index is 12.5. The third-order valence-electron chi connectivity index (χ3n) is 5.19. The summed E-state index contributed by atoms with van der Waals surface area (Å²) in [4.78, 5) is 17.2. The van der Waals surface area contributed by atoms with Crippen molar-refractivity contribution in [2.75, 3.05) is 5.32 Å². The number of aryl methyl sites for hydroxylation is 2. The number of aromatic hydroxyl groups is 1. The molecule has 0 aliphatic heterocycles. The van der Waals surface area contributed by atoms with E-state index < -0.39 is 0 Å². The molecule has 0 fully saturated rings. The summed E-state index contributed by atoms with van der Waals surface area (Å²) in [6.45, 7) is 3.96. The molecule has 1 amide bonds. The maximum Gasteiger partial charge on any atom is 0.228 e. The molecule has 0 bridgehead atoms. The quantitative estimate of drug-likeness (QED) is 0.269. The molecule has 0 radical (unpaired) electrons. The lowest BCUT2D eigenvalue weighted by atomic mass is 10.1. The minimum Gasteiger partial charge on any atom is -0.508 e. The van der Waals surface area contributed by atoms with Gasteiger partial charge in [0.1, 0.15) is 17.4 Å². The van der Waals surface area contributed by atoms with Crippen LogP contribution in [-0.4, -0.2) is 26.4 Å². The number of anilines is 1. The Bertz CT molecular complexity index is 1330. The number of phenols is 1. The van der Waals surface area contributed by atoms with Crippen LogP contribution >= 0.6 is 12.4 Å². The molecule has 4 rings (SSSR count). The molecule has 4 aromatic rings. The van der Waals surface area contributed by atoms with Gasteiger partial charge in [0.05, 0.1) is 23.1 Å². The van der Waals surface area contributed by atoms with Crippen LogP contribution in [0, 0.1) is 19.3 Å². The number of hydrogen-bond donors (Lipinski definition) is 4. The lowest BCUT2D eigenvalue weighted by Gasteiger charge is -2.13. The second-order valence-electron chi connectivity index (χ2n) is 7.47. The molecule has 1 aromatic heterocycles. The topological polar surface area (TPSA) is 117 Å². The van der Waals surface area contributed by atoms with Crippen molar-refractivity contribution in [3.63, 3.8) is 0 Å². The summed E-state index contributed by atoms with van der Waals surface area (Å²) in [5.74, 6) is 0.499. The first-order chi connectivity index (χ1) is 14.8. The Morgan fingerprint density at radius 2 is 1.88 bits per heavy atom. The predicted octanol–water partition coefficient (Wildman–Crippen LogP) is 4.24. The number of fused-ring (bicyclic) bond motifs is 1. The molecule has 7 nitrogen and oxygen atoms in total. The average molecular weight is 450 g/mol. The summed E-state index contributed by atoms with van der Waals surface area (Å²) < 4.78 is 2.10. The van der Waals surface area contributed by atoms with Gasteiger partial charge in [0.15, 0.2) is 0 Å². The van der Waals surface area contributed by atoms with Crippen LogP contribution < -0.4 is 11.1 Å². The lowest BCUT2D eigenvalue weighted by molar-refractivity contribution is -0.115. The van der Waals surface area contributed by atoms with Gasteiger partial charge in [-0.3, -0.25) is 14.8 Å². The molecule has 0 saturated heterocycles. The van der Waals surface area contributed by atoms with Crippen molar-refractivity contribution in [3.05, 3.63) is 83.2 Å². The van der Waals surface area contributed by atoms with E-state index in [0.29, 0.717) is 16.8 Å². The minimum absolute atomic E-state index is 0. The Balaban J connectivity index is 0.00000289. The summed E-state index contributed by atoms with van der Waals surface area (Å²) in [6, 6.07) is 18.2. The van der Waals surface area contributed by atoms with E-state index in [1.54, 1.807) is 12.1 Å². The van der Waals surface area contributed by atoms with Crippen molar-refractivity contribution >= 4 is 40.9 Å². The number of carbonyl (C=O) groups excluding carboxylic acids is 1. The van der Waals surface area contributed by atoms with E-state index >= 15 is 0 Å². The number of rotatable bonds is 5. The minimum atomic E-state index is -0.271. The number of nitrogens with two attached hydrogens (primary N) is 1. The lowest BCUT2D eigenvalue weighted by Crippen LogP contribution is -2.16. The van der Waals surface area contributed by atoms with Crippen molar-refractivity contribution < 1.29 is 9.90 Å². The number of phenolic OH excluding ortho intramolecular Hbond substituents is 1. The zero-order valence-electron chi connectivity index (χ0n) is 17.7. The molecule has 0 spiro atoms. The van der Waals surface area contributed by atoms with Crippen LogP contribution in [0.15, 0.2) is 60.7 Å². The summed E-state index contributed by atoms with van der Waals surface area (Å²) in [7, 11) is 0. The number of amides is 1. The highest BCUT2D eigenvalue weighted by Gasteiger charge is 2.13. The van der Waals surface area contributed by atoms with Gasteiger partial charge in [-0.2, -0.15) is 0 Å². The molecular weight excluding hydrogens is 426 g/mol. The van der Waals surface area contributed by atoms with Crippen molar-refractivity contribution in [1.29, 1.82) is 5.41 Å². The van der Waals surface area contributed by atoms with Crippen LogP contribution in [0.25, 0.3) is 16.7 Å². The number of halogens is 1. The molecule has 32 heavy (non-hydrogen) atoms. The van der Waals surface area contributed by atoms with E-state index in [1.807, 2.05) is 56.3 Å². The van der Waals surface area contributed by atoms with E-state index in [-0.39, 0.29) is 36.3 Å². The Morgan fingerprint density at radius 3 is 2.59 bits per heavy atom. The van der Waals surface area contributed by atoms with Gasteiger partial charge in [0.2, 0.25) is 5.91 Å². The molecule has 8 heteroatoms. The predicted molar refractivity (Wildman–Crippen MR) is 129 cm³/mol. The summed E-state index contributed by atoms with van der Waals surface area (Å²) in [5.41, 5.74) is 11.0. The number of carbonyl (C=O) groups is 1. The SMILES string of the molecule is Cc1cc(NC(=O)Cc2cc(C(=N)N)ccc2O)ccc1-n1c(C)nc2ccccc21.Cl. The van der Waals surface area contributed by atoms with Gasteiger partial charge in [-0.05, 0) is 67.9 Å². The number of nitrogens with zero attached hydrogens (tertiary/aromatic N) is 2. The standard InChI is InChI=1S/C24H23N5O2.ClH/c1-14-11-18(28-23(31)13-17-12-16(24(25)26)7-10-22(17)30)8-9-20(14)29-15(2)27-19-5-3-4-6-21(19)29;/h3-12,30H,13H2,1-2H3,(H3,25,26)(H,28,31);1H. The van der Waals surface area contributed by atoms with E-state index in [0.717, 1.165) is 28.1 Å². The Hall–Kier alpha value is -3.84. The van der Waals surface area contributed by atoms with E-state index in [1.165, 1.54) is 6.07 Å². The number of hydrogen-bond acceptors (Lipinski definition) is 4. The maximum absolute atomic E-state index is 12.5. The summed E-state index contributed by atoms with van der Waals surface area (Å²) in [5, 5.41) is 20.4. The van der Waals surface area contributed by atoms with Crippen LogP contribution in [0.4, 0.5) is 5.69 Å². The number of imidazole rings is 1. The zero-order valence-corrected chi connectivity index (χ0v) is 18.5. The second-order valence-corrected chi connectivity index (χ2v) is 7.47. The number of para-hydroxylation sites is 2. The second kappa shape index (κ2) is 9.11. The van der Waals surface area contributed by atoms with Gasteiger partial charge in [0.25, 0.3) is 0 Å². The number of aromatic nitrogens is 2. The van der Waals surface area contributed by atoms with Crippen molar-refractivity contribution in [2.45, 2.75) is 20.3 Å². The van der Waals surface area contributed by atoms with Gasteiger partial charge in [0, 0.05) is 16.8 Å². The largest absolute Gasteiger partial charge is 0.508 e. The van der Waals surface area contributed by atoms with Crippen LogP contribution in [0.5, 0.6) is 5.75 Å². The highest BCUT2D eigenvalue weighted by molar-refractivity contribution is 5.96. The summed E-state index contributed by atoms with van der Waals surface area (Å²) >= 11 is 0. The molecule has 5 N–H and O–H groups in total. The number of amidine groups is 1. The zero-order chi connectivity index (χ0) is 22.1. The van der Waals surface area contributed by atoms with Gasteiger partial charge < -0.3 is 16.2 Å². The summed E-state index contributed by atoms with van der Waals surface area (Å²) in [6.07, 6.45) is -0.0288. The first-order valence-electron chi connectivity index (χ1n) is 9.84. The monoisotopic (exact) mass is 449 g/mol. The van der Waals surface area contributed by atoms with Crippen LogP contribution in [0.2, 0.25) is 0 Å². The fraction of sp³-hybridized carbons (Fsp3) is 0.125. The normalized spacial score (nSPS) is 10.6. The van der Waals surface area contributed by atoms with E-state index in [9.17, 15) is 9.90 Å². The Kier molecular flexibility index (Phi) is 6.50. The molecule has 164 valence electrons. The fourth-order valence-electron chi connectivity index (χ4n) is 3.71. The first-order valence-corrected chi connectivity index (χ1v) is 9.84. The van der Waals surface area contributed by atoms with E-state index in [2.05, 4.69) is 14.9 Å². The molecule has 3 aromatic carbocycles. The van der Waals surface area contributed by atoms with Gasteiger partial charge >= 0.3 is 0 Å². The third kappa shape index (κ3) is 4.43. The van der Waals surface area contributed by atoms with Crippen molar-refractivity contribution in [2.24, 2.45) is 5.73 Å². The smallest absolute Gasteiger partial charge is 0.228 e. The van der Waals surface area contributed by atoms with Gasteiger partial charge in [-0.1, -0.05) is 12.1 Å². The Morgan fingerprint density at radius 1 is 1.12 bits per heavy atom. The van der Waals surface area contributed by atoms with Gasteiger partial charge in [-0.25, -0.2) is 4.98 Å². The average Bonchev–Trinajstić information content (AvgIpc) is 3.05. The molecule has 0 unspecified atom stereocenters. The van der Waals surface area contributed by atoms with Crippen molar-refractivity contribution in [3.8, 4) is 11.4 Å².